The number of carbonyl (C=O) groups is 1. The van der Waals surface area contributed by atoms with Crippen LogP contribution in [-0.4, -0.2) is 61.1 Å². The van der Waals surface area contributed by atoms with Crippen LogP contribution in [0.15, 0.2) is 18.2 Å². The molecule has 1 atom stereocenters. The second-order valence-electron chi connectivity index (χ2n) is 5.54. The number of halogens is 1. The molecule has 1 unspecified atom stereocenters. The zero-order valence-electron chi connectivity index (χ0n) is 11.9. The lowest BCUT2D eigenvalue weighted by molar-refractivity contribution is 0.0185. The first kappa shape index (κ1) is 14.3. The highest BCUT2D eigenvalue weighted by molar-refractivity contribution is 5.99. The Morgan fingerprint density at radius 3 is 2.81 bits per heavy atom. The predicted molar refractivity (Wildman–Crippen MR) is 77.5 cm³/mol. The number of hydrogen-bond donors (Lipinski definition) is 1. The maximum absolute atomic E-state index is 13.5. The van der Waals surface area contributed by atoms with Crippen molar-refractivity contribution in [2.24, 2.45) is 0 Å². The molecule has 0 saturated carbocycles. The van der Waals surface area contributed by atoms with Gasteiger partial charge in [0, 0.05) is 32.2 Å². The number of morpholine rings is 1. The Labute approximate surface area is 123 Å². The van der Waals surface area contributed by atoms with Crippen LogP contribution in [0.2, 0.25) is 0 Å². The number of nitrogen functional groups attached to an aromatic ring is 1. The second-order valence-corrected chi connectivity index (χ2v) is 5.54. The van der Waals surface area contributed by atoms with E-state index in [1.165, 1.54) is 12.1 Å². The number of amides is 1. The second kappa shape index (κ2) is 5.99. The van der Waals surface area contributed by atoms with E-state index < -0.39 is 5.82 Å². The highest BCUT2D eigenvalue weighted by Gasteiger charge is 2.32. The van der Waals surface area contributed by atoms with Gasteiger partial charge in [-0.25, -0.2) is 4.39 Å². The van der Waals surface area contributed by atoms with E-state index in [1.54, 1.807) is 11.0 Å². The Bertz CT molecular complexity index is 532. The van der Waals surface area contributed by atoms with Gasteiger partial charge in [0.1, 0.15) is 5.82 Å². The van der Waals surface area contributed by atoms with Crippen LogP contribution in [0.5, 0.6) is 0 Å². The topological polar surface area (TPSA) is 58.8 Å². The summed E-state index contributed by atoms with van der Waals surface area (Å²) < 4.78 is 18.8. The van der Waals surface area contributed by atoms with Crippen LogP contribution >= 0.6 is 0 Å². The summed E-state index contributed by atoms with van der Waals surface area (Å²) in [6.07, 6.45) is 0.945. The standard InChI is InChI=1S/C15H20FN3O2/c16-13-3-1-2-12(14(13)17)15(20)19-5-4-11(10-19)18-6-8-21-9-7-18/h1-3,11H,4-10,17H2. The van der Waals surface area contributed by atoms with Gasteiger partial charge in [-0.05, 0) is 18.6 Å². The third-order valence-corrected chi connectivity index (χ3v) is 4.30. The molecule has 2 fully saturated rings. The number of ether oxygens (including phenoxy) is 1. The minimum absolute atomic E-state index is 0.0580. The molecule has 0 radical (unpaired) electrons. The van der Waals surface area contributed by atoms with E-state index in [4.69, 9.17) is 10.5 Å². The number of nitrogens with zero attached hydrogens (tertiary/aromatic N) is 2. The molecular formula is C15H20FN3O2. The maximum atomic E-state index is 13.5. The fourth-order valence-electron chi connectivity index (χ4n) is 3.06. The number of benzene rings is 1. The summed E-state index contributed by atoms with van der Waals surface area (Å²) >= 11 is 0. The van der Waals surface area contributed by atoms with E-state index in [9.17, 15) is 9.18 Å². The molecule has 1 amide bonds. The van der Waals surface area contributed by atoms with Gasteiger partial charge in [-0.1, -0.05) is 6.07 Å². The molecule has 2 saturated heterocycles. The molecule has 0 aliphatic carbocycles. The molecule has 3 rings (SSSR count). The molecule has 21 heavy (non-hydrogen) atoms. The van der Waals surface area contributed by atoms with Gasteiger partial charge in [0.25, 0.3) is 5.91 Å². The summed E-state index contributed by atoms with van der Waals surface area (Å²) in [5, 5.41) is 0. The van der Waals surface area contributed by atoms with Crippen LogP contribution in [0, 0.1) is 5.82 Å². The van der Waals surface area contributed by atoms with Crippen molar-refractivity contribution in [1.82, 2.24) is 9.80 Å². The Morgan fingerprint density at radius 1 is 1.29 bits per heavy atom. The van der Waals surface area contributed by atoms with E-state index in [0.29, 0.717) is 19.1 Å². The molecule has 6 heteroatoms. The zero-order valence-corrected chi connectivity index (χ0v) is 11.9. The minimum Gasteiger partial charge on any atom is -0.396 e. The van der Waals surface area contributed by atoms with E-state index in [1.807, 2.05) is 0 Å². The van der Waals surface area contributed by atoms with Crippen molar-refractivity contribution >= 4 is 11.6 Å². The fourth-order valence-corrected chi connectivity index (χ4v) is 3.06. The van der Waals surface area contributed by atoms with Crippen molar-refractivity contribution in [1.29, 1.82) is 0 Å². The molecular weight excluding hydrogens is 273 g/mol. The zero-order chi connectivity index (χ0) is 14.8. The van der Waals surface area contributed by atoms with Gasteiger partial charge < -0.3 is 15.4 Å². The summed E-state index contributed by atoms with van der Waals surface area (Å²) in [5.41, 5.74) is 5.88. The molecule has 1 aromatic carbocycles. The van der Waals surface area contributed by atoms with Gasteiger partial charge in [0.05, 0.1) is 24.5 Å². The first-order valence-electron chi connectivity index (χ1n) is 7.32. The lowest BCUT2D eigenvalue weighted by Crippen LogP contribution is -2.45. The number of anilines is 1. The molecule has 1 aromatic rings. The molecule has 0 aromatic heterocycles. The minimum atomic E-state index is -0.537. The fraction of sp³-hybridized carbons (Fsp3) is 0.533. The van der Waals surface area contributed by atoms with E-state index in [0.717, 1.165) is 32.7 Å². The monoisotopic (exact) mass is 293 g/mol. The normalized spacial score (nSPS) is 23.5. The van der Waals surface area contributed by atoms with Crippen molar-refractivity contribution in [3.8, 4) is 0 Å². The predicted octanol–water partition coefficient (Wildman–Crippen LogP) is 0.955. The van der Waals surface area contributed by atoms with E-state index in [2.05, 4.69) is 4.90 Å². The molecule has 2 heterocycles. The average Bonchev–Trinajstić information content (AvgIpc) is 3.00. The number of nitrogens with two attached hydrogens (primary N) is 1. The maximum Gasteiger partial charge on any atom is 0.256 e. The summed E-state index contributed by atoms with van der Waals surface area (Å²) in [7, 11) is 0. The molecule has 0 bridgehead atoms. The summed E-state index contributed by atoms with van der Waals surface area (Å²) in [6, 6.07) is 4.75. The summed E-state index contributed by atoms with van der Waals surface area (Å²) in [4.78, 5) is 16.6. The first-order valence-corrected chi connectivity index (χ1v) is 7.32. The molecule has 5 nitrogen and oxygen atoms in total. The third-order valence-electron chi connectivity index (χ3n) is 4.30. The van der Waals surface area contributed by atoms with Gasteiger partial charge >= 0.3 is 0 Å². The Morgan fingerprint density at radius 2 is 2.05 bits per heavy atom. The molecule has 2 aliphatic rings. The lowest BCUT2D eigenvalue weighted by Gasteiger charge is -2.32. The van der Waals surface area contributed by atoms with Crippen LogP contribution < -0.4 is 5.73 Å². The first-order chi connectivity index (χ1) is 10.2. The Balaban J connectivity index is 1.68. The van der Waals surface area contributed by atoms with Crippen molar-refractivity contribution < 1.29 is 13.9 Å². The molecule has 2 N–H and O–H groups in total. The van der Waals surface area contributed by atoms with Crippen LogP contribution in [0.3, 0.4) is 0 Å². The van der Waals surface area contributed by atoms with Gasteiger partial charge in [-0.15, -0.1) is 0 Å². The number of carbonyl (C=O) groups excluding carboxylic acids is 1. The van der Waals surface area contributed by atoms with Crippen LogP contribution in [0.25, 0.3) is 0 Å². The molecule has 114 valence electrons. The molecule has 2 aliphatic heterocycles. The highest BCUT2D eigenvalue weighted by Crippen LogP contribution is 2.22. The largest absolute Gasteiger partial charge is 0.396 e. The van der Waals surface area contributed by atoms with Gasteiger partial charge in [0.15, 0.2) is 0 Å². The van der Waals surface area contributed by atoms with Crippen molar-refractivity contribution in [2.75, 3.05) is 45.1 Å². The van der Waals surface area contributed by atoms with E-state index in [-0.39, 0.29) is 17.2 Å². The number of rotatable bonds is 2. The van der Waals surface area contributed by atoms with Gasteiger partial charge in [-0.3, -0.25) is 9.69 Å². The smallest absolute Gasteiger partial charge is 0.256 e. The van der Waals surface area contributed by atoms with Crippen LogP contribution in [-0.2, 0) is 4.74 Å². The van der Waals surface area contributed by atoms with Crippen LogP contribution in [0.4, 0.5) is 10.1 Å². The van der Waals surface area contributed by atoms with Crippen molar-refractivity contribution in [3.05, 3.63) is 29.6 Å². The van der Waals surface area contributed by atoms with E-state index >= 15 is 0 Å². The lowest BCUT2D eigenvalue weighted by atomic mass is 10.1. The average molecular weight is 293 g/mol. The Hall–Kier alpha value is -1.66. The third kappa shape index (κ3) is 2.87. The van der Waals surface area contributed by atoms with Gasteiger partial charge in [-0.2, -0.15) is 0 Å². The quantitative estimate of drug-likeness (QED) is 0.825. The SMILES string of the molecule is Nc1c(F)cccc1C(=O)N1CCC(N2CCOCC2)C1. The number of likely N-dealkylation sites (tertiary alicyclic amines) is 1. The Kier molecular flexibility index (Phi) is 4.07. The summed E-state index contributed by atoms with van der Waals surface area (Å²) in [5.74, 6) is -0.715. The summed E-state index contributed by atoms with van der Waals surface area (Å²) in [6.45, 7) is 4.69. The van der Waals surface area contributed by atoms with Crippen LogP contribution in [0.1, 0.15) is 16.8 Å². The number of para-hydroxylation sites is 1. The van der Waals surface area contributed by atoms with Crippen molar-refractivity contribution in [3.63, 3.8) is 0 Å². The highest BCUT2D eigenvalue weighted by atomic mass is 19.1. The number of hydrogen-bond acceptors (Lipinski definition) is 4. The van der Waals surface area contributed by atoms with Gasteiger partial charge in [0.2, 0.25) is 0 Å². The van der Waals surface area contributed by atoms with Crippen molar-refractivity contribution in [2.45, 2.75) is 12.5 Å². The molecule has 0 spiro atoms.